The number of anilines is 2. The minimum absolute atomic E-state index is 0.149. The van der Waals surface area contributed by atoms with Gasteiger partial charge in [0, 0.05) is 12.1 Å². The maximum absolute atomic E-state index is 14.5. The van der Waals surface area contributed by atoms with Crippen molar-refractivity contribution in [2.45, 2.75) is 52.5 Å². The van der Waals surface area contributed by atoms with Gasteiger partial charge in [-0.1, -0.05) is 31.5 Å². The van der Waals surface area contributed by atoms with Crippen LogP contribution in [-0.2, 0) is 0 Å². The molecule has 1 amide bonds. The highest BCUT2D eigenvalue weighted by atomic mass is 35.5. The number of ether oxygens (including phenoxy) is 1. The van der Waals surface area contributed by atoms with Gasteiger partial charge in [0.15, 0.2) is 5.82 Å². The summed E-state index contributed by atoms with van der Waals surface area (Å²) in [6, 6.07) is 6.80. The number of carbonyl (C=O) groups excluding carboxylic acids is 1. The molecular formula is C24H28ClFN4O2. The summed E-state index contributed by atoms with van der Waals surface area (Å²) in [5, 5.41) is 6.31. The number of aryl methyl sites for hydroxylation is 1. The molecule has 3 aromatic rings. The fourth-order valence-corrected chi connectivity index (χ4v) is 4.33. The summed E-state index contributed by atoms with van der Waals surface area (Å²) in [6.45, 7) is 6.19. The first-order valence-electron chi connectivity index (χ1n) is 10.8. The van der Waals surface area contributed by atoms with E-state index in [1.54, 1.807) is 31.2 Å². The molecule has 1 heterocycles. The van der Waals surface area contributed by atoms with E-state index in [0.29, 0.717) is 39.3 Å². The standard InChI is InChI=1S/C24H28ClFN4O2/c1-13-5-6-16(25)21(20(13)26)30-23-28-17-11-15(19(32-4)12-18(17)29-23)22(31)27-14-7-9-24(2,3)10-8-14/h5-6,11-12,14H,7-10H2,1-4H3,(H,27,31)(H2,28,29,30). The van der Waals surface area contributed by atoms with Gasteiger partial charge in [-0.15, -0.1) is 0 Å². The van der Waals surface area contributed by atoms with E-state index in [1.807, 2.05) is 0 Å². The monoisotopic (exact) mass is 458 g/mol. The Bertz CT molecular complexity index is 1160. The molecule has 1 aromatic heterocycles. The summed E-state index contributed by atoms with van der Waals surface area (Å²) in [7, 11) is 1.53. The number of halogens is 2. The molecule has 0 atom stereocenters. The summed E-state index contributed by atoms with van der Waals surface area (Å²) in [6.07, 6.45) is 4.09. The van der Waals surface area contributed by atoms with Crippen LogP contribution in [0, 0.1) is 18.2 Å². The van der Waals surface area contributed by atoms with Crippen LogP contribution in [0.4, 0.5) is 16.0 Å². The van der Waals surface area contributed by atoms with E-state index in [4.69, 9.17) is 16.3 Å². The summed E-state index contributed by atoms with van der Waals surface area (Å²) < 4.78 is 20.0. The molecule has 32 heavy (non-hydrogen) atoms. The summed E-state index contributed by atoms with van der Waals surface area (Å²) in [5.41, 5.74) is 2.59. The van der Waals surface area contributed by atoms with Gasteiger partial charge in [-0.05, 0) is 55.7 Å². The molecule has 0 bridgehead atoms. The lowest BCUT2D eigenvalue weighted by atomic mass is 9.75. The zero-order chi connectivity index (χ0) is 23.0. The van der Waals surface area contributed by atoms with Crippen molar-refractivity contribution < 1.29 is 13.9 Å². The highest BCUT2D eigenvalue weighted by Gasteiger charge is 2.28. The van der Waals surface area contributed by atoms with Crippen LogP contribution in [0.3, 0.4) is 0 Å². The molecule has 0 spiro atoms. The molecule has 6 nitrogen and oxygen atoms in total. The van der Waals surface area contributed by atoms with Gasteiger partial charge in [0.05, 0.1) is 34.4 Å². The van der Waals surface area contributed by atoms with E-state index in [-0.39, 0.29) is 22.7 Å². The number of nitrogens with one attached hydrogen (secondary N) is 3. The number of aromatic amines is 1. The molecule has 1 aliphatic rings. The third-order valence-corrected chi connectivity index (χ3v) is 6.56. The van der Waals surface area contributed by atoms with Crippen LogP contribution in [0.25, 0.3) is 11.0 Å². The van der Waals surface area contributed by atoms with Gasteiger partial charge in [-0.3, -0.25) is 4.79 Å². The van der Waals surface area contributed by atoms with Crippen LogP contribution < -0.4 is 15.4 Å². The molecule has 0 radical (unpaired) electrons. The Morgan fingerprint density at radius 1 is 1.28 bits per heavy atom. The van der Waals surface area contributed by atoms with E-state index < -0.39 is 5.82 Å². The Labute approximate surface area is 191 Å². The topological polar surface area (TPSA) is 79.0 Å². The molecule has 0 saturated heterocycles. The molecule has 8 heteroatoms. The lowest BCUT2D eigenvalue weighted by Crippen LogP contribution is -2.39. The van der Waals surface area contributed by atoms with Gasteiger partial charge in [0.25, 0.3) is 5.91 Å². The minimum atomic E-state index is -0.439. The Morgan fingerprint density at radius 3 is 2.69 bits per heavy atom. The van der Waals surface area contributed by atoms with Crippen molar-refractivity contribution in [2.75, 3.05) is 12.4 Å². The SMILES string of the molecule is COc1cc2[nH]c(Nc3c(Cl)ccc(C)c3F)nc2cc1C(=O)NC1CCC(C)(C)CC1. The number of rotatable bonds is 5. The Morgan fingerprint density at radius 2 is 2.00 bits per heavy atom. The minimum Gasteiger partial charge on any atom is -0.496 e. The average molecular weight is 459 g/mol. The predicted octanol–water partition coefficient (Wildman–Crippen LogP) is 6.11. The third kappa shape index (κ3) is 4.53. The number of nitrogens with zero attached hydrogens (tertiary/aromatic N) is 1. The number of carbonyl (C=O) groups is 1. The average Bonchev–Trinajstić information content (AvgIpc) is 3.16. The molecule has 0 aliphatic heterocycles. The van der Waals surface area contributed by atoms with Crippen molar-refractivity contribution in [3.63, 3.8) is 0 Å². The van der Waals surface area contributed by atoms with E-state index >= 15 is 0 Å². The smallest absolute Gasteiger partial charge is 0.255 e. The number of imidazole rings is 1. The third-order valence-electron chi connectivity index (χ3n) is 6.25. The quantitative estimate of drug-likeness (QED) is 0.430. The lowest BCUT2D eigenvalue weighted by Gasteiger charge is -2.34. The Kier molecular flexibility index (Phi) is 6.03. The van der Waals surface area contributed by atoms with Crippen molar-refractivity contribution in [2.24, 2.45) is 5.41 Å². The molecule has 4 rings (SSSR count). The number of benzene rings is 2. The van der Waals surface area contributed by atoms with Gasteiger partial charge in [0.1, 0.15) is 5.75 Å². The van der Waals surface area contributed by atoms with Gasteiger partial charge < -0.3 is 20.4 Å². The number of amides is 1. The fourth-order valence-electron chi connectivity index (χ4n) is 4.14. The predicted molar refractivity (Wildman–Crippen MR) is 126 cm³/mol. The number of H-pyrrole nitrogens is 1. The number of fused-ring (bicyclic) bond motifs is 1. The van der Waals surface area contributed by atoms with Crippen LogP contribution in [-0.4, -0.2) is 29.0 Å². The maximum atomic E-state index is 14.5. The second-order valence-corrected chi connectivity index (χ2v) is 9.65. The van der Waals surface area contributed by atoms with Crippen LogP contribution in [0.1, 0.15) is 55.5 Å². The number of methoxy groups -OCH3 is 1. The van der Waals surface area contributed by atoms with Gasteiger partial charge >= 0.3 is 0 Å². The summed E-state index contributed by atoms with van der Waals surface area (Å²) in [5.74, 6) is 0.145. The number of hydrogen-bond acceptors (Lipinski definition) is 4. The van der Waals surface area contributed by atoms with Crippen LogP contribution in [0.15, 0.2) is 24.3 Å². The zero-order valence-electron chi connectivity index (χ0n) is 18.7. The summed E-state index contributed by atoms with van der Waals surface area (Å²) >= 11 is 6.16. The number of hydrogen-bond donors (Lipinski definition) is 3. The molecule has 170 valence electrons. The molecular weight excluding hydrogens is 431 g/mol. The van der Waals surface area contributed by atoms with E-state index in [2.05, 4.69) is 34.4 Å². The summed E-state index contributed by atoms with van der Waals surface area (Å²) in [4.78, 5) is 20.6. The van der Waals surface area contributed by atoms with Gasteiger partial charge in [0.2, 0.25) is 5.95 Å². The van der Waals surface area contributed by atoms with Crippen LogP contribution >= 0.6 is 11.6 Å². The number of aromatic nitrogens is 2. The zero-order valence-corrected chi connectivity index (χ0v) is 19.5. The van der Waals surface area contributed by atoms with Crippen LogP contribution in [0.5, 0.6) is 5.75 Å². The second kappa shape index (κ2) is 8.62. The van der Waals surface area contributed by atoms with Gasteiger partial charge in [-0.25, -0.2) is 9.37 Å². The van der Waals surface area contributed by atoms with Gasteiger partial charge in [-0.2, -0.15) is 0 Å². The molecule has 2 aromatic carbocycles. The Balaban J connectivity index is 1.59. The Hall–Kier alpha value is -2.80. The molecule has 1 saturated carbocycles. The maximum Gasteiger partial charge on any atom is 0.255 e. The van der Waals surface area contributed by atoms with Crippen molar-refractivity contribution in [3.05, 3.63) is 46.2 Å². The van der Waals surface area contributed by atoms with E-state index in [9.17, 15) is 9.18 Å². The van der Waals surface area contributed by atoms with Crippen molar-refractivity contribution >= 4 is 40.2 Å². The first-order chi connectivity index (χ1) is 15.2. The normalized spacial score (nSPS) is 16.2. The van der Waals surface area contributed by atoms with E-state index in [0.717, 1.165) is 25.7 Å². The van der Waals surface area contributed by atoms with Crippen molar-refractivity contribution in [3.8, 4) is 5.75 Å². The molecule has 1 fully saturated rings. The highest BCUT2D eigenvalue weighted by Crippen LogP contribution is 2.36. The van der Waals surface area contributed by atoms with Crippen LogP contribution in [0.2, 0.25) is 5.02 Å². The fraction of sp³-hybridized carbons (Fsp3) is 0.417. The van der Waals surface area contributed by atoms with Crippen molar-refractivity contribution in [1.82, 2.24) is 15.3 Å². The van der Waals surface area contributed by atoms with Crippen molar-refractivity contribution in [1.29, 1.82) is 0 Å². The molecule has 0 unspecified atom stereocenters. The lowest BCUT2D eigenvalue weighted by molar-refractivity contribution is 0.0906. The second-order valence-electron chi connectivity index (χ2n) is 9.25. The largest absolute Gasteiger partial charge is 0.496 e. The first-order valence-corrected chi connectivity index (χ1v) is 11.1. The first kappa shape index (κ1) is 22.4. The highest BCUT2D eigenvalue weighted by molar-refractivity contribution is 6.33. The molecule has 3 N–H and O–H groups in total. The molecule has 1 aliphatic carbocycles. The van der Waals surface area contributed by atoms with E-state index in [1.165, 1.54) is 7.11 Å².